The van der Waals surface area contributed by atoms with Crippen LogP contribution < -0.4 is 10.6 Å². The number of pyridine rings is 1. The summed E-state index contributed by atoms with van der Waals surface area (Å²) in [6.07, 6.45) is 2.54. The number of aromatic nitrogens is 1. The molecule has 0 radical (unpaired) electrons. The maximum absolute atomic E-state index is 12.6. The number of halogens is 1. The molecule has 1 aliphatic carbocycles. The van der Waals surface area contributed by atoms with E-state index in [1.54, 1.807) is 12.1 Å². The van der Waals surface area contributed by atoms with Crippen molar-refractivity contribution in [2.45, 2.75) is 58.1 Å². The van der Waals surface area contributed by atoms with Gasteiger partial charge in [-0.2, -0.15) is 0 Å². The van der Waals surface area contributed by atoms with Crippen LogP contribution in [0.4, 0.5) is 10.6 Å². The Kier molecular flexibility index (Phi) is 6.08. The van der Waals surface area contributed by atoms with Crippen LogP contribution >= 0.6 is 11.6 Å². The van der Waals surface area contributed by atoms with Crippen molar-refractivity contribution in [3.63, 3.8) is 0 Å². The molecule has 0 spiro atoms. The number of rotatable bonds is 3. The summed E-state index contributed by atoms with van der Waals surface area (Å²) in [7, 11) is 0. The van der Waals surface area contributed by atoms with Gasteiger partial charge in [0.15, 0.2) is 0 Å². The van der Waals surface area contributed by atoms with E-state index in [-0.39, 0.29) is 17.9 Å². The van der Waals surface area contributed by atoms with E-state index in [2.05, 4.69) is 15.6 Å². The first-order valence-electron chi connectivity index (χ1n) is 9.56. The third-order valence-electron chi connectivity index (χ3n) is 4.72. The average Bonchev–Trinajstić information content (AvgIpc) is 2.60. The van der Waals surface area contributed by atoms with Crippen LogP contribution in [0, 0.1) is 5.92 Å². The van der Waals surface area contributed by atoms with E-state index < -0.39 is 11.7 Å². The van der Waals surface area contributed by atoms with E-state index in [1.165, 1.54) is 0 Å². The fraction of sp³-hybridized carbons (Fsp3) is 0.476. The van der Waals surface area contributed by atoms with Crippen molar-refractivity contribution in [1.29, 1.82) is 0 Å². The van der Waals surface area contributed by atoms with Crippen molar-refractivity contribution in [2.75, 3.05) is 5.32 Å². The van der Waals surface area contributed by atoms with Crippen molar-refractivity contribution in [2.24, 2.45) is 5.92 Å². The van der Waals surface area contributed by atoms with Crippen LogP contribution in [0.15, 0.2) is 30.3 Å². The topological polar surface area (TPSA) is 80.3 Å². The van der Waals surface area contributed by atoms with Crippen molar-refractivity contribution in [3.8, 4) is 0 Å². The van der Waals surface area contributed by atoms with Crippen molar-refractivity contribution >= 4 is 40.3 Å². The fourth-order valence-corrected chi connectivity index (χ4v) is 3.55. The van der Waals surface area contributed by atoms with Gasteiger partial charge in [0.05, 0.1) is 5.52 Å². The van der Waals surface area contributed by atoms with Gasteiger partial charge in [0.25, 0.3) is 0 Å². The molecule has 1 heterocycles. The minimum Gasteiger partial charge on any atom is -0.444 e. The molecule has 0 atom stereocenters. The first-order chi connectivity index (χ1) is 13.2. The van der Waals surface area contributed by atoms with Crippen LogP contribution in [0.5, 0.6) is 0 Å². The molecular weight excluding hydrogens is 378 g/mol. The number of hydrogen-bond donors (Lipinski definition) is 2. The zero-order chi connectivity index (χ0) is 20.3. The van der Waals surface area contributed by atoms with Gasteiger partial charge < -0.3 is 15.4 Å². The van der Waals surface area contributed by atoms with Gasteiger partial charge in [-0.3, -0.25) is 4.79 Å². The monoisotopic (exact) mass is 403 g/mol. The first kappa shape index (κ1) is 20.4. The Labute approximate surface area is 170 Å². The number of fused-ring (bicyclic) bond motifs is 1. The Morgan fingerprint density at radius 3 is 2.50 bits per heavy atom. The SMILES string of the molecule is CC(C)(C)OC(=O)NC1CCC(C(=O)Nc2ccc3cc(Cl)ccc3n2)CC1. The smallest absolute Gasteiger partial charge is 0.407 e. The van der Waals surface area contributed by atoms with Crippen molar-refractivity contribution in [1.82, 2.24) is 10.3 Å². The molecule has 1 fully saturated rings. The summed E-state index contributed by atoms with van der Waals surface area (Å²) in [5, 5.41) is 7.39. The number of ether oxygens (including phenoxy) is 1. The highest BCUT2D eigenvalue weighted by Gasteiger charge is 2.28. The minimum atomic E-state index is -0.515. The van der Waals surface area contributed by atoms with Gasteiger partial charge in [-0.05, 0) is 76.8 Å². The number of amides is 2. The van der Waals surface area contributed by atoms with Gasteiger partial charge in [-0.1, -0.05) is 11.6 Å². The molecular formula is C21H26ClN3O3. The number of carbonyl (C=O) groups is 2. The molecule has 0 bridgehead atoms. The molecule has 28 heavy (non-hydrogen) atoms. The molecule has 7 heteroatoms. The molecule has 0 aliphatic heterocycles. The van der Waals surface area contributed by atoms with E-state index in [0.717, 1.165) is 36.6 Å². The number of benzene rings is 1. The summed E-state index contributed by atoms with van der Waals surface area (Å²) in [6, 6.07) is 9.18. The van der Waals surface area contributed by atoms with Gasteiger partial charge in [0.1, 0.15) is 11.4 Å². The highest BCUT2D eigenvalue weighted by molar-refractivity contribution is 6.31. The lowest BCUT2D eigenvalue weighted by Crippen LogP contribution is -2.42. The lowest BCUT2D eigenvalue weighted by molar-refractivity contribution is -0.120. The first-order valence-corrected chi connectivity index (χ1v) is 9.94. The van der Waals surface area contributed by atoms with Crippen LogP contribution in [-0.2, 0) is 9.53 Å². The zero-order valence-corrected chi connectivity index (χ0v) is 17.2. The van der Waals surface area contributed by atoms with Gasteiger partial charge >= 0.3 is 6.09 Å². The molecule has 1 saturated carbocycles. The summed E-state index contributed by atoms with van der Waals surface area (Å²) in [5.74, 6) is 0.421. The van der Waals surface area contributed by atoms with E-state index >= 15 is 0 Å². The maximum atomic E-state index is 12.6. The summed E-state index contributed by atoms with van der Waals surface area (Å²) >= 11 is 5.99. The van der Waals surface area contributed by atoms with E-state index in [9.17, 15) is 9.59 Å². The number of alkyl carbamates (subject to hydrolysis) is 1. The van der Waals surface area contributed by atoms with Crippen molar-refractivity contribution < 1.29 is 14.3 Å². The Balaban J connectivity index is 1.51. The maximum Gasteiger partial charge on any atom is 0.407 e. The molecule has 1 aromatic heterocycles. The predicted molar refractivity (Wildman–Crippen MR) is 110 cm³/mol. The van der Waals surface area contributed by atoms with Crippen LogP contribution in [-0.4, -0.2) is 28.6 Å². The largest absolute Gasteiger partial charge is 0.444 e. The lowest BCUT2D eigenvalue weighted by atomic mass is 9.85. The second kappa shape index (κ2) is 8.35. The Hall–Kier alpha value is -2.34. The average molecular weight is 404 g/mol. The molecule has 1 aromatic carbocycles. The fourth-order valence-electron chi connectivity index (χ4n) is 3.37. The van der Waals surface area contributed by atoms with Gasteiger partial charge in [-0.25, -0.2) is 9.78 Å². The molecule has 6 nitrogen and oxygen atoms in total. The quantitative estimate of drug-likeness (QED) is 0.762. The molecule has 0 saturated heterocycles. The van der Waals surface area contributed by atoms with E-state index in [4.69, 9.17) is 16.3 Å². The molecule has 3 rings (SSSR count). The third kappa shape index (κ3) is 5.58. The molecule has 2 aromatic rings. The van der Waals surface area contributed by atoms with Crippen LogP contribution in [0.2, 0.25) is 5.02 Å². The van der Waals surface area contributed by atoms with Gasteiger partial charge in [0, 0.05) is 22.4 Å². The second-order valence-corrected chi connectivity index (χ2v) is 8.65. The molecule has 0 unspecified atom stereocenters. The van der Waals surface area contributed by atoms with E-state index in [0.29, 0.717) is 10.8 Å². The Bertz CT molecular complexity index is 871. The molecule has 150 valence electrons. The lowest BCUT2D eigenvalue weighted by Gasteiger charge is -2.29. The summed E-state index contributed by atoms with van der Waals surface area (Å²) in [4.78, 5) is 28.9. The highest BCUT2D eigenvalue weighted by Crippen LogP contribution is 2.26. The second-order valence-electron chi connectivity index (χ2n) is 8.22. The Morgan fingerprint density at radius 2 is 1.82 bits per heavy atom. The number of carbonyl (C=O) groups excluding carboxylic acids is 2. The summed E-state index contributed by atoms with van der Waals surface area (Å²) < 4.78 is 5.29. The van der Waals surface area contributed by atoms with Crippen LogP contribution in [0.3, 0.4) is 0 Å². The normalized spacial score (nSPS) is 19.9. The molecule has 2 N–H and O–H groups in total. The standard InChI is InChI=1S/C21H26ClN3O3/c1-21(2,3)28-20(27)23-16-8-4-13(5-9-16)19(26)25-18-11-6-14-12-15(22)7-10-17(14)24-18/h6-7,10-13,16H,4-5,8-9H2,1-3H3,(H,23,27)(H,24,25,26). The predicted octanol–water partition coefficient (Wildman–Crippen LogP) is 4.91. The minimum absolute atomic E-state index is 0.0310. The molecule has 2 amide bonds. The number of nitrogens with zero attached hydrogens (tertiary/aromatic N) is 1. The highest BCUT2D eigenvalue weighted by atomic mass is 35.5. The number of nitrogens with one attached hydrogen (secondary N) is 2. The zero-order valence-electron chi connectivity index (χ0n) is 16.4. The number of hydrogen-bond acceptors (Lipinski definition) is 4. The van der Waals surface area contributed by atoms with E-state index in [1.807, 2.05) is 39.0 Å². The van der Waals surface area contributed by atoms with Gasteiger partial charge in [0.2, 0.25) is 5.91 Å². The van der Waals surface area contributed by atoms with Crippen LogP contribution in [0.25, 0.3) is 10.9 Å². The van der Waals surface area contributed by atoms with Crippen molar-refractivity contribution in [3.05, 3.63) is 35.4 Å². The molecule has 1 aliphatic rings. The number of anilines is 1. The van der Waals surface area contributed by atoms with Crippen LogP contribution in [0.1, 0.15) is 46.5 Å². The van der Waals surface area contributed by atoms with Gasteiger partial charge in [-0.15, -0.1) is 0 Å². The summed E-state index contributed by atoms with van der Waals surface area (Å²) in [6.45, 7) is 5.51. The Morgan fingerprint density at radius 1 is 1.11 bits per heavy atom. The summed E-state index contributed by atoms with van der Waals surface area (Å²) in [5.41, 5.74) is 0.270. The third-order valence-corrected chi connectivity index (χ3v) is 4.96.